The minimum atomic E-state index is -1.44. The standard InChI is InChI=1S/C26H24N2O.C18H37N5O9/c1-19-23-15-17-28(16-14-20-8-4-2-5-9-20)26(23)24-18-22(12-13-25(24)27-19)29-21-10-6-3-7-11-21;19-3-9-8(25)2-7(22)17(29-9)31-15-5(20)1-6(21)16(14(15)28)32-18-13(27)11(23)12(26)10(4-24)30-18/h2-13,18H,14-17H2,1H3;5-18,24-28H,1-4,19-23H2/t;5-,6+,7+,8-,9+,10+,11-,12+,13+,14-,15+,16-,17+,18+/m.0/s1. The predicted octanol–water partition coefficient (Wildman–Crippen LogP) is -0.355. The molecule has 3 aromatic carbocycles. The van der Waals surface area contributed by atoms with Crippen LogP contribution in [-0.4, -0.2) is 142 Å². The maximum atomic E-state index is 11.0. The second-order valence-corrected chi connectivity index (χ2v) is 16.4. The molecule has 14 atom stereocenters. The minimum Gasteiger partial charge on any atom is -0.457 e. The Kier molecular flexibility index (Phi) is 14.9. The van der Waals surface area contributed by atoms with E-state index in [4.69, 9.17) is 57.3 Å². The normalized spacial score (nSPS) is 33.8. The molecule has 0 bridgehead atoms. The van der Waals surface area contributed by atoms with Gasteiger partial charge in [-0.1, -0.05) is 48.5 Å². The van der Waals surface area contributed by atoms with E-state index < -0.39 is 92.2 Å². The third-order valence-electron chi connectivity index (χ3n) is 12.1. The zero-order chi connectivity index (χ0) is 43.4. The van der Waals surface area contributed by atoms with Crippen molar-refractivity contribution in [3.05, 3.63) is 95.7 Å². The summed E-state index contributed by atoms with van der Waals surface area (Å²) in [6.07, 6.45) is -8.66. The van der Waals surface area contributed by atoms with Gasteiger partial charge in [-0.3, -0.25) is 4.98 Å². The van der Waals surface area contributed by atoms with E-state index in [0.717, 1.165) is 48.6 Å². The van der Waals surface area contributed by atoms with Gasteiger partial charge in [0.15, 0.2) is 12.6 Å². The number of para-hydroxylation sites is 1. The Morgan fingerprint density at radius 1 is 0.754 bits per heavy atom. The zero-order valence-corrected chi connectivity index (χ0v) is 34.3. The number of nitrogens with zero attached hydrogens (tertiary/aromatic N) is 2. The molecule has 61 heavy (non-hydrogen) atoms. The number of pyridine rings is 1. The van der Waals surface area contributed by atoms with E-state index in [1.54, 1.807) is 0 Å². The molecule has 3 aliphatic heterocycles. The molecule has 15 N–H and O–H groups in total. The molecule has 8 rings (SSSR count). The van der Waals surface area contributed by atoms with E-state index in [2.05, 4.69) is 54.3 Å². The van der Waals surface area contributed by atoms with Gasteiger partial charge in [0.25, 0.3) is 0 Å². The Morgan fingerprint density at radius 2 is 1.41 bits per heavy atom. The van der Waals surface area contributed by atoms with Crippen LogP contribution >= 0.6 is 0 Å². The fourth-order valence-corrected chi connectivity index (χ4v) is 8.65. The van der Waals surface area contributed by atoms with E-state index in [9.17, 15) is 25.5 Å². The predicted molar refractivity (Wildman–Crippen MR) is 227 cm³/mol. The highest BCUT2D eigenvalue weighted by Gasteiger charge is 2.50. The van der Waals surface area contributed by atoms with E-state index in [0.29, 0.717) is 0 Å². The van der Waals surface area contributed by atoms with E-state index in [1.165, 1.54) is 22.2 Å². The number of ether oxygens (including phenoxy) is 5. The largest absolute Gasteiger partial charge is 0.457 e. The highest BCUT2D eigenvalue weighted by atomic mass is 16.7. The molecule has 4 aliphatic rings. The molecule has 0 amide bonds. The number of fused-ring (bicyclic) bond motifs is 3. The van der Waals surface area contributed by atoms with Crippen LogP contribution in [0.5, 0.6) is 11.5 Å². The molecule has 4 heterocycles. The van der Waals surface area contributed by atoms with Crippen molar-refractivity contribution in [2.24, 2.45) is 28.7 Å². The summed E-state index contributed by atoms with van der Waals surface area (Å²) >= 11 is 0. The third kappa shape index (κ3) is 10.2. The van der Waals surface area contributed by atoms with Gasteiger partial charge in [-0.05, 0) is 74.1 Å². The maximum Gasteiger partial charge on any atom is 0.186 e. The highest BCUT2D eigenvalue weighted by molar-refractivity contribution is 5.96. The van der Waals surface area contributed by atoms with Crippen LogP contribution in [0.25, 0.3) is 10.9 Å². The van der Waals surface area contributed by atoms with Gasteiger partial charge in [-0.25, -0.2) is 0 Å². The molecule has 3 fully saturated rings. The van der Waals surface area contributed by atoms with Crippen molar-refractivity contribution < 1.29 is 49.2 Å². The van der Waals surface area contributed by atoms with Crippen LogP contribution in [0, 0.1) is 6.92 Å². The minimum absolute atomic E-state index is 0.0542. The molecular weight excluding hydrogens is 787 g/mol. The fourth-order valence-electron chi connectivity index (χ4n) is 8.65. The summed E-state index contributed by atoms with van der Waals surface area (Å²) in [5.74, 6) is 1.70. The van der Waals surface area contributed by atoms with Crippen molar-refractivity contribution in [1.29, 1.82) is 0 Å². The number of anilines is 1. The summed E-state index contributed by atoms with van der Waals surface area (Å²) in [5, 5.41) is 51.9. The first-order valence-corrected chi connectivity index (χ1v) is 21.0. The number of benzene rings is 3. The number of aliphatic hydroxyl groups is 5. The van der Waals surface area contributed by atoms with Crippen molar-refractivity contribution in [1.82, 2.24) is 4.98 Å². The van der Waals surface area contributed by atoms with Crippen LogP contribution in [0.4, 0.5) is 5.69 Å². The Morgan fingerprint density at radius 3 is 2.08 bits per heavy atom. The molecular formula is C44H61N7O10. The lowest BCUT2D eigenvalue weighted by atomic mass is 9.84. The number of aromatic nitrogens is 1. The summed E-state index contributed by atoms with van der Waals surface area (Å²) in [4.78, 5) is 7.39. The van der Waals surface area contributed by atoms with Crippen molar-refractivity contribution in [2.45, 2.75) is 118 Å². The zero-order valence-electron chi connectivity index (χ0n) is 34.3. The van der Waals surface area contributed by atoms with Crippen LogP contribution in [0.1, 0.15) is 29.7 Å². The van der Waals surface area contributed by atoms with Gasteiger partial charge in [0, 0.05) is 42.8 Å². The fraction of sp³-hybridized carbons (Fsp3) is 0.523. The Bertz CT molecular complexity index is 2020. The Hall–Kier alpha value is -3.89. The SMILES string of the molecule is Cc1nc2ccc(Oc3ccccc3)cc2c2c1CCN2CCc1ccccc1.NC[C@H]1O[C@H](O[C@H]2[C@H](O)[C@@H](O[C@H]3O[C@H](CO)[C@@H](O)[C@H](N)[C@H]3O)[C@H](N)C[C@@H]2N)[C@H](N)C[C@@H]1O. The Labute approximate surface area is 355 Å². The summed E-state index contributed by atoms with van der Waals surface area (Å²) < 4.78 is 28.8. The summed E-state index contributed by atoms with van der Waals surface area (Å²) in [5.41, 5.74) is 36.0. The second-order valence-electron chi connectivity index (χ2n) is 16.4. The number of aliphatic hydroxyl groups excluding tert-OH is 5. The monoisotopic (exact) mass is 847 g/mol. The van der Waals surface area contributed by atoms with Gasteiger partial charge >= 0.3 is 0 Å². The molecule has 4 aromatic rings. The van der Waals surface area contributed by atoms with Crippen molar-refractivity contribution in [2.75, 3.05) is 31.1 Å². The third-order valence-corrected chi connectivity index (χ3v) is 12.1. The summed E-state index contributed by atoms with van der Waals surface area (Å²) in [7, 11) is 0. The topological polar surface area (TPSA) is 294 Å². The number of nitrogens with two attached hydrogens (primary N) is 5. The van der Waals surface area contributed by atoms with E-state index >= 15 is 0 Å². The first-order chi connectivity index (χ1) is 29.4. The van der Waals surface area contributed by atoms with Crippen LogP contribution in [-0.2, 0) is 31.8 Å². The lowest BCUT2D eigenvalue weighted by molar-refractivity contribution is -0.314. The Balaban J connectivity index is 0.000000185. The van der Waals surface area contributed by atoms with Crippen LogP contribution in [0.15, 0.2) is 78.9 Å². The smallest absolute Gasteiger partial charge is 0.186 e. The summed E-state index contributed by atoms with van der Waals surface area (Å²) in [6.45, 7) is 3.70. The van der Waals surface area contributed by atoms with Gasteiger partial charge in [-0.15, -0.1) is 0 Å². The van der Waals surface area contributed by atoms with Crippen LogP contribution < -0.4 is 38.3 Å². The number of aryl methyl sites for hydroxylation is 1. The second kappa shape index (κ2) is 20.1. The van der Waals surface area contributed by atoms with Crippen molar-refractivity contribution >= 4 is 16.6 Å². The van der Waals surface area contributed by atoms with Gasteiger partial charge in [0.1, 0.15) is 48.1 Å². The first kappa shape index (κ1) is 45.1. The lowest BCUT2D eigenvalue weighted by Crippen LogP contribution is -2.68. The van der Waals surface area contributed by atoms with Crippen LogP contribution in [0.3, 0.4) is 0 Å². The molecule has 1 aromatic heterocycles. The van der Waals surface area contributed by atoms with E-state index in [1.807, 2.05) is 36.4 Å². The molecule has 0 radical (unpaired) electrons. The molecule has 1 saturated carbocycles. The quantitative estimate of drug-likeness (QED) is 0.0923. The van der Waals surface area contributed by atoms with Crippen molar-refractivity contribution in [3.8, 4) is 11.5 Å². The average Bonchev–Trinajstić information content (AvgIpc) is 3.70. The van der Waals surface area contributed by atoms with Gasteiger partial charge in [0.2, 0.25) is 0 Å². The van der Waals surface area contributed by atoms with Gasteiger partial charge in [0.05, 0.1) is 42.1 Å². The van der Waals surface area contributed by atoms with Crippen LogP contribution in [0.2, 0.25) is 0 Å². The molecule has 17 heteroatoms. The molecule has 2 saturated heterocycles. The lowest BCUT2D eigenvalue weighted by Gasteiger charge is -2.47. The summed E-state index contributed by atoms with van der Waals surface area (Å²) in [6, 6.07) is 23.6. The molecule has 0 unspecified atom stereocenters. The average molecular weight is 848 g/mol. The highest BCUT2D eigenvalue weighted by Crippen LogP contribution is 2.39. The number of hydrogen-bond acceptors (Lipinski definition) is 17. The first-order valence-electron chi connectivity index (χ1n) is 21.0. The van der Waals surface area contributed by atoms with Gasteiger partial charge in [-0.2, -0.15) is 0 Å². The van der Waals surface area contributed by atoms with E-state index in [-0.39, 0.29) is 19.4 Å². The van der Waals surface area contributed by atoms with Gasteiger partial charge < -0.3 is 82.8 Å². The maximum absolute atomic E-state index is 11.0. The number of hydrogen-bond donors (Lipinski definition) is 10. The number of rotatable bonds is 11. The van der Waals surface area contributed by atoms with Crippen molar-refractivity contribution in [3.63, 3.8) is 0 Å². The molecule has 17 nitrogen and oxygen atoms in total. The molecule has 332 valence electrons. The molecule has 0 spiro atoms. The molecule has 1 aliphatic carbocycles.